The first kappa shape index (κ1) is 6.67. The van der Waals surface area contributed by atoms with E-state index in [0.29, 0.717) is 11.5 Å². The summed E-state index contributed by atoms with van der Waals surface area (Å²) in [7, 11) is 0. The molecule has 0 amide bonds. The molecule has 2 heterocycles. The molecule has 2 rings (SSSR count). The summed E-state index contributed by atoms with van der Waals surface area (Å²) in [6, 6.07) is 3.55. The smallest absolute Gasteiger partial charge is 0.169 e. The second-order valence-corrected chi connectivity index (χ2v) is 2.84. The summed E-state index contributed by atoms with van der Waals surface area (Å²) in [5.74, 6) is 0.693. The summed E-state index contributed by atoms with van der Waals surface area (Å²) >= 11 is 3.31. The molecule has 0 bridgehead atoms. The minimum absolute atomic E-state index is 0.693. The predicted molar refractivity (Wildman–Crippen MR) is 41.9 cm³/mol. The van der Waals surface area contributed by atoms with Crippen molar-refractivity contribution in [2.24, 2.45) is 0 Å². The molecule has 4 heteroatoms. The monoisotopic (exact) mass is 213 g/mol. The van der Waals surface area contributed by atoms with Crippen molar-refractivity contribution in [3.8, 4) is 11.5 Å². The molecular weight excluding hydrogens is 210 g/mol. The van der Waals surface area contributed by atoms with Gasteiger partial charge in [0.15, 0.2) is 5.76 Å². The summed E-state index contributed by atoms with van der Waals surface area (Å²) in [6.45, 7) is 0. The molecule has 3 nitrogen and oxygen atoms in total. The number of nitrogens with zero attached hydrogens (tertiary/aromatic N) is 1. The first-order valence-electron chi connectivity index (χ1n) is 3.01. The van der Waals surface area contributed by atoms with Crippen LogP contribution in [0.15, 0.2) is 38.1 Å². The van der Waals surface area contributed by atoms with Crippen LogP contribution >= 0.6 is 15.9 Å². The van der Waals surface area contributed by atoms with Gasteiger partial charge in [-0.2, -0.15) is 0 Å². The Morgan fingerprint density at radius 2 is 2.18 bits per heavy atom. The summed E-state index contributed by atoms with van der Waals surface area (Å²) in [5.41, 5.74) is 0.696. The Bertz CT molecular complexity index is 339. The fraction of sp³-hybridized carbons (Fsp3) is 0. The van der Waals surface area contributed by atoms with Crippen molar-refractivity contribution in [3.63, 3.8) is 0 Å². The van der Waals surface area contributed by atoms with Crippen molar-refractivity contribution in [2.75, 3.05) is 0 Å². The van der Waals surface area contributed by atoms with Crippen molar-refractivity contribution in [3.05, 3.63) is 29.1 Å². The molecule has 56 valence electrons. The van der Waals surface area contributed by atoms with Crippen LogP contribution in [0.2, 0.25) is 0 Å². The zero-order valence-electron chi connectivity index (χ0n) is 5.45. The molecule has 0 saturated heterocycles. The van der Waals surface area contributed by atoms with Gasteiger partial charge >= 0.3 is 0 Å². The minimum Gasteiger partial charge on any atom is -0.461 e. The Balaban J connectivity index is 2.53. The molecule has 0 unspecified atom stereocenters. The SMILES string of the molecule is Brc1ccoc1-c1ccon1. The third-order valence-corrected chi connectivity index (χ3v) is 1.91. The standard InChI is InChI=1S/C7H4BrNO2/c8-5-1-3-10-7(5)6-2-4-11-9-6/h1-4H. The molecule has 0 spiro atoms. The van der Waals surface area contributed by atoms with Crippen LogP contribution in [0.4, 0.5) is 0 Å². The lowest BCUT2D eigenvalue weighted by atomic mass is 10.3. The van der Waals surface area contributed by atoms with Gasteiger partial charge in [0.1, 0.15) is 12.0 Å². The van der Waals surface area contributed by atoms with Gasteiger partial charge in [-0.1, -0.05) is 5.16 Å². The van der Waals surface area contributed by atoms with E-state index in [0.717, 1.165) is 4.47 Å². The zero-order chi connectivity index (χ0) is 7.68. The molecule has 0 fully saturated rings. The van der Waals surface area contributed by atoms with E-state index >= 15 is 0 Å². The van der Waals surface area contributed by atoms with Crippen molar-refractivity contribution in [1.82, 2.24) is 5.16 Å². The lowest BCUT2D eigenvalue weighted by Gasteiger charge is -1.86. The highest BCUT2D eigenvalue weighted by atomic mass is 79.9. The van der Waals surface area contributed by atoms with E-state index in [-0.39, 0.29) is 0 Å². The summed E-state index contributed by atoms with van der Waals surface area (Å²) < 4.78 is 10.7. The van der Waals surface area contributed by atoms with Crippen LogP contribution in [0.25, 0.3) is 11.5 Å². The van der Waals surface area contributed by atoms with E-state index in [1.165, 1.54) is 6.26 Å². The Hall–Kier alpha value is -1.03. The number of aromatic nitrogens is 1. The summed E-state index contributed by atoms with van der Waals surface area (Å²) in [4.78, 5) is 0. The maximum absolute atomic E-state index is 5.14. The summed E-state index contributed by atoms with van der Waals surface area (Å²) in [6.07, 6.45) is 3.10. The molecule has 0 aliphatic rings. The van der Waals surface area contributed by atoms with Gasteiger partial charge in [0.2, 0.25) is 0 Å². The Morgan fingerprint density at radius 1 is 1.27 bits per heavy atom. The van der Waals surface area contributed by atoms with Crippen molar-refractivity contribution in [2.45, 2.75) is 0 Å². The molecule has 0 atom stereocenters. The number of rotatable bonds is 1. The normalized spacial score (nSPS) is 10.3. The van der Waals surface area contributed by atoms with Crippen LogP contribution < -0.4 is 0 Å². The molecule has 0 aliphatic heterocycles. The van der Waals surface area contributed by atoms with Gasteiger partial charge in [-0.25, -0.2) is 0 Å². The maximum Gasteiger partial charge on any atom is 0.169 e. The van der Waals surface area contributed by atoms with Gasteiger partial charge in [0.25, 0.3) is 0 Å². The van der Waals surface area contributed by atoms with Crippen LogP contribution in [-0.4, -0.2) is 5.16 Å². The molecule has 11 heavy (non-hydrogen) atoms. The number of furan rings is 1. The molecular formula is C7H4BrNO2. The molecule has 0 aromatic carbocycles. The minimum atomic E-state index is 0.693. The molecule has 0 saturated carbocycles. The predicted octanol–water partition coefficient (Wildman–Crippen LogP) is 2.70. The fourth-order valence-electron chi connectivity index (χ4n) is 0.806. The van der Waals surface area contributed by atoms with Crippen LogP contribution in [0.5, 0.6) is 0 Å². The number of hydrogen-bond donors (Lipinski definition) is 0. The molecule has 0 aliphatic carbocycles. The van der Waals surface area contributed by atoms with Crippen molar-refractivity contribution < 1.29 is 8.94 Å². The topological polar surface area (TPSA) is 39.2 Å². The van der Waals surface area contributed by atoms with Crippen molar-refractivity contribution >= 4 is 15.9 Å². The zero-order valence-corrected chi connectivity index (χ0v) is 7.04. The van der Waals surface area contributed by atoms with Crippen LogP contribution in [0.3, 0.4) is 0 Å². The maximum atomic E-state index is 5.14. The van der Waals surface area contributed by atoms with Gasteiger partial charge < -0.3 is 8.94 Å². The van der Waals surface area contributed by atoms with Gasteiger partial charge in [0, 0.05) is 6.07 Å². The van der Waals surface area contributed by atoms with E-state index in [2.05, 4.69) is 25.6 Å². The third-order valence-electron chi connectivity index (χ3n) is 1.29. The fourth-order valence-corrected chi connectivity index (χ4v) is 1.21. The lowest BCUT2D eigenvalue weighted by molar-refractivity contribution is 0.419. The molecule has 2 aromatic rings. The Labute approximate surface area is 71.1 Å². The van der Waals surface area contributed by atoms with Crippen LogP contribution in [0.1, 0.15) is 0 Å². The van der Waals surface area contributed by atoms with Gasteiger partial charge in [-0.15, -0.1) is 0 Å². The number of halogens is 1. The molecule has 0 radical (unpaired) electrons. The van der Waals surface area contributed by atoms with Crippen LogP contribution in [0, 0.1) is 0 Å². The van der Waals surface area contributed by atoms with E-state index in [9.17, 15) is 0 Å². The van der Waals surface area contributed by atoms with Gasteiger partial charge in [-0.3, -0.25) is 0 Å². The van der Waals surface area contributed by atoms with Gasteiger partial charge in [-0.05, 0) is 22.0 Å². The number of hydrogen-bond acceptors (Lipinski definition) is 3. The highest BCUT2D eigenvalue weighted by molar-refractivity contribution is 9.10. The Morgan fingerprint density at radius 3 is 2.73 bits per heavy atom. The second kappa shape index (κ2) is 2.54. The largest absolute Gasteiger partial charge is 0.461 e. The first-order chi connectivity index (χ1) is 5.38. The lowest BCUT2D eigenvalue weighted by Crippen LogP contribution is -1.71. The van der Waals surface area contributed by atoms with E-state index < -0.39 is 0 Å². The summed E-state index contributed by atoms with van der Waals surface area (Å²) in [5, 5.41) is 3.72. The molecule has 2 aromatic heterocycles. The first-order valence-corrected chi connectivity index (χ1v) is 3.81. The highest BCUT2D eigenvalue weighted by Gasteiger charge is 2.08. The Kier molecular flexibility index (Phi) is 1.54. The average molecular weight is 214 g/mol. The van der Waals surface area contributed by atoms with E-state index in [1.54, 1.807) is 12.3 Å². The van der Waals surface area contributed by atoms with E-state index in [4.69, 9.17) is 4.42 Å². The van der Waals surface area contributed by atoms with Gasteiger partial charge in [0.05, 0.1) is 10.7 Å². The van der Waals surface area contributed by atoms with Crippen LogP contribution in [-0.2, 0) is 0 Å². The average Bonchev–Trinajstić information content (AvgIpc) is 2.55. The quantitative estimate of drug-likeness (QED) is 0.732. The molecule has 0 N–H and O–H groups in total. The third kappa shape index (κ3) is 1.09. The van der Waals surface area contributed by atoms with Crippen molar-refractivity contribution in [1.29, 1.82) is 0 Å². The second-order valence-electron chi connectivity index (χ2n) is 1.98. The highest BCUT2D eigenvalue weighted by Crippen LogP contribution is 2.27. The van der Waals surface area contributed by atoms with E-state index in [1.807, 2.05) is 6.07 Å².